The Morgan fingerprint density at radius 3 is 1.14 bits per heavy atom. The molecule has 3 heterocycles. The summed E-state index contributed by atoms with van der Waals surface area (Å²) in [7, 11) is 0. The molecule has 310 valence electrons. The Labute approximate surface area is 384 Å². The lowest BCUT2D eigenvalue weighted by Gasteiger charge is -2.16. The van der Waals surface area contributed by atoms with Crippen LogP contribution >= 0.6 is 0 Å². The zero-order valence-corrected chi connectivity index (χ0v) is 35.9. The Kier molecular flexibility index (Phi) is 10.9. The standard InChI is InChI=1S/C61H41N5/c1-4-21-42(22-5-1)48-29-12-16-35-54(48)60-64-59(65-61(66-60)55-36-17-13-30-49(55)43-23-6-2-7-24-43)46-28-20-27-45(39-46)50-31-10-15-34-53(50)58-41-47(40-57(63-58)44-25-8-3-9-26-44)51-32-11-14-33-52(51)56-37-18-19-38-62-56/h1-41H. The number of pyridine rings is 2. The average Bonchev–Trinajstić information content (AvgIpc) is 3.41. The fourth-order valence-electron chi connectivity index (χ4n) is 8.69. The zero-order chi connectivity index (χ0) is 44.1. The Hall–Kier alpha value is -8.93. The van der Waals surface area contributed by atoms with E-state index < -0.39 is 0 Å². The molecule has 0 saturated heterocycles. The Morgan fingerprint density at radius 2 is 0.591 bits per heavy atom. The minimum Gasteiger partial charge on any atom is -0.256 e. The molecule has 5 nitrogen and oxygen atoms in total. The first-order valence-corrected chi connectivity index (χ1v) is 22.1. The number of benzene rings is 8. The molecule has 5 heteroatoms. The second kappa shape index (κ2) is 18.0. The summed E-state index contributed by atoms with van der Waals surface area (Å²) in [4.78, 5) is 25.9. The Morgan fingerprint density at radius 1 is 0.197 bits per heavy atom. The molecule has 0 spiro atoms. The van der Waals surface area contributed by atoms with Crippen LogP contribution in [0.15, 0.2) is 249 Å². The average molecular weight is 844 g/mol. The van der Waals surface area contributed by atoms with E-state index in [0.29, 0.717) is 17.5 Å². The van der Waals surface area contributed by atoms with Crippen LogP contribution in [0.3, 0.4) is 0 Å². The molecule has 0 fully saturated rings. The summed E-state index contributed by atoms with van der Waals surface area (Å²) in [5.41, 5.74) is 17.0. The van der Waals surface area contributed by atoms with Gasteiger partial charge >= 0.3 is 0 Å². The molecule has 0 aliphatic carbocycles. The number of nitrogens with zero attached hydrogens (tertiary/aromatic N) is 5. The second-order valence-electron chi connectivity index (χ2n) is 16.0. The van der Waals surface area contributed by atoms with Gasteiger partial charge in [0.1, 0.15) is 0 Å². The summed E-state index contributed by atoms with van der Waals surface area (Å²) in [5.74, 6) is 1.78. The van der Waals surface area contributed by atoms with Gasteiger partial charge in [0, 0.05) is 39.6 Å². The Balaban J connectivity index is 1.07. The molecule has 0 N–H and O–H groups in total. The molecular weight excluding hydrogens is 803 g/mol. The van der Waals surface area contributed by atoms with E-state index in [4.69, 9.17) is 24.9 Å². The summed E-state index contributed by atoms with van der Waals surface area (Å²) < 4.78 is 0. The van der Waals surface area contributed by atoms with Crippen molar-refractivity contribution in [1.29, 1.82) is 0 Å². The summed E-state index contributed by atoms with van der Waals surface area (Å²) in [6.45, 7) is 0. The van der Waals surface area contributed by atoms with Crippen molar-refractivity contribution in [2.24, 2.45) is 0 Å². The largest absolute Gasteiger partial charge is 0.256 e. The minimum absolute atomic E-state index is 0.581. The molecular formula is C61H41N5. The third-order valence-electron chi connectivity index (χ3n) is 11.8. The van der Waals surface area contributed by atoms with Gasteiger partial charge in [0.15, 0.2) is 17.5 Å². The molecule has 0 bridgehead atoms. The molecule has 0 atom stereocenters. The number of rotatable bonds is 10. The van der Waals surface area contributed by atoms with Crippen LogP contribution < -0.4 is 0 Å². The summed E-state index contributed by atoms with van der Waals surface area (Å²) in [6, 6.07) is 83.8. The Bertz CT molecular complexity index is 3360. The predicted molar refractivity (Wildman–Crippen MR) is 270 cm³/mol. The lowest BCUT2D eigenvalue weighted by molar-refractivity contribution is 1.07. The van der Waals surface area contributed by atoms with E-state index in [1.54, 1.807) is 0 Å². The maximum absolute atomic E-state index is 5.38. The monoisotopic (exact) mass is 843 g/mol. The van der Waals surface area contributed by atoms with Crippen molar-refractivity contribution in [3.05, 3.63) is 249 Å². The highest BCUT2D eigenvalue weighted by molar-refractivity contribution is 5.90. The molecule has 11 rings (SSSR count). The molecule has 8 aromatic carbocycles. The van der Waals surface area contributed by atoms with E-state index in [1.807, 2.05) is 48.7 Å². The van der Waals surface area contributed by atoms with Crippen molar-refractivity contribution in [3.8, 4) is 112 Å². The van der Waals surface area contributed by atoms with Crippen LogP contribution in [0.2, 0.25) is 0 Å². The van der Waals surface area contributed by atoms with E-state index in [1.165, 1.54) is 0 Å². The van der Waals surface area contributed by atoms with Crippen molar-refractivity contribution >= 4 is 0 Å². The number of hydrogen-bond donors (Lipinski definition) is 0. The first-order chi connectivity index (χ1) is 32.7. The fourth-order valence-corrected chi connectivity index (χ4v) is 8.69. The van der Waals surface area contributed by atoms with Crippen LogP contribution in [-0.2, 0) is 0 Å². The van der Waals surface area contributed by atoms with Gasteiger partial charge < -0.3 is 0 Å². The third-order valence-corrected chi connectivity index (χ3v) is 11.8. The van der Waals surface area contributed by atoms with Gasteiger partial charge in [-0.3, -0.25) is 4.98 Å². The molecule has 0 radical (unpaired) electrons. The molecule has 11 aromatic rings. The highest BCUT2D eigenvalue weighted by Crippen LogP contribution is 2.40. The highest BCUT2D eigenvalue weighted by Gasteiger charge is 2.20. The molecule has 66 heavy (non-hydrogen) atoms. The summed E-state index contributed by atoms with van der Waals surface area (Å²) in [5, 5.41) is 0. The van der Waals surface area contributed by atoms with Crippen molar-refractivity contribution in [1.82, 2.24) is 24.9 Å². The smallest absolute Gasteiger partial charge is 0.164 e. The SMILES string of the molecule is c1ccc(-c2cc(-c3ccccc3-c3ccccn3)cc(-c3ccccc3-c3cccc(-c4nc(-c5ccccc5-c5ccccc5)nc(-c5ccccc5-c5ccccc5)n4)c3)n2)cc1. The fraction of sp³-hybridized carbons (Fsp3) is 0. The van der Waals surface area contributed by atoms with Gasteiger partial charge in [0.25, 0.3) is 0 Å². The number of aromatic nitrogens is 5. The van der Waals surface area contributed by atoms with E-state index in [2.05, 4.69) is 200 Å². The van der Waals surface area contributed by atoms with Gasteiger partial charge in [-0.2, -0.15) is 0 Å². The first kappa shape index (κ1) is 39.9. The van der Waals surface area contributed by atoms with Gasteiger partial charge in [-0.25, -0.2) is 19.9 Å². The van der Waals surface area contributed by atoms with Crippen LogP contribution in [0.1, 0.15) is 0 Å². The quantitative estimate of drug-likeness (QED) is 0.137. The number of hydrogen-bond acceptors (Lipinski definition) is 5. The van der Waals surface area contributed by atoms with Crippen LogP contribution in [0.25, 0.3) is 112 Å². The zero-order valence-electron chi connectivity index (χ0n) is 35.9. The van der Waals surface area contributed by atoms with Crippen LogP contribution in [0.4, 0.5) is 0 Å². The normalized spacial score (nSPS) is 11.0. The first-order valence-electron chi connectivity index (χ1n) is 22.1. The lowest BCUT2D eigenvalue weighted by Crippen LogP contribution is -2.02. The summed E-state index contributed by atoms with van der Waals surface area (Å²) >= 11 is 0. The lowest BCUT2D eigenvalue weighted by atomic mass is 9.92. The summed E-state index contributed by atoms with van der Waals surface area (Å²) in [6.07, 6.45) is 1.84. The molecule has 0 aliphatic rings. The topological polar surface area (TPSA) is 64.5 Å². The van der Waals surface area contributed by atoms with E-state index in [9.17, 15) is 0 Å². The van der Waals surface area contributed by atoms with Crippen LogP contribution in [-0.4, -0.2) is 24.9 Å². The molecule has 0 unspecified atom stereocenters. The van der Waals surface area contributed by atoms with Crippen LogP contribution in [0, 0.1) is 0 Å². The van der Waals surface area contributed by atoms with Gasteiger partial charge in [-0.05, 0) is 74.8 Å². The molecule has 0 amide bonds. The maximum atomic E-state index is 5.38. The van der Waals surface area contributed by atoms with Gasteiger partial charge in [0.2, 0.25) is 0 Å². The van der Waals surface area contributed by atoms with Gasteiger partial charge in [-0.15, -0.1) is 0 Å². The van der Waals surface area contributed by atoms with Crippen molar-refractivity contribution in [2.45, 2.75) is 0 Å². The molecule has 0 aliphatic heterocycles. The third kappa shape index (κ3) is 8.09. The van der Waals surface area contributed by atoms with Gasteiger partial charge in [0.05, 0.1) is 17.1 Å². The van der Waals surface area contributed by atoms with E-state index in [0.717, 1.165) is 95.0 Å². The second-order valence-corrected chi connectivity index (χ2v) is 16.0. The minimum atomic E-state index is 0.581. The predicted octanol–water partition coefficient (Wildman–Crippen LogP) is 15.3. The maximum Gasteiger partial charge on any atom is 0.164 e. The molecule has 3 aromatic heterocycles. The van der Waals surface area contributed by atoms with Crippen LogP contribution in [0.5, 0.6) is 0 Å². The van der Waals surface area contributed by atoms with Crippen molar-refractivity contribution in [2.75, 3.05) is 0 Å². The molecule has 0 saturated carbocycles. The van der Waals surface area contributed by atoms with Gasteiger partial charge in [-0.1, -0.05) is 212 Å². The van der Waals surface area contributed by atoms with Crippen molar-refractivity contribution < 1.29 is 0 Å². The highest BCUT2D eigenvalue weighted by atomic mass is 15.0. The van der Waals surface area contributed by atoms with E-state index in [-0.39, 0.29) is 0 Å². The van der Waals surface area contributed by atoms with E-state index >= 15 is 0 Å². The van der Waals surface area contributed by atoms with Crippen molar-refractivity contribution in [3.63, 3.8) is 0 Å².